The summed E-state index contributed by atoms with van der Waals surface area (Å²) in [5.41, 5.74) is 0.115. The van der Waals surface area contributed by atoms with Crippen molar-refractivity contribution in [3.63, 3.8) is 0 Å². The summed E-state index contributed by atoms with van der Waals surface area (Å²) in [6, 6.07) is 7.61. The van der Waals surface area contributed by atoms with Crippen molar-refractivity contribution in [1.82, 2.24) is 5.32 Å². The number of carbonyl (C=O) groups is 2. The van der Waals surface area contributed by atoms with Crippen molar-refractivity contribution in [2.45, 2.75) is 12.7 Å². The van der Waals surface area contributed by atoms with E-state index >= 15 is 0 Å². The molecule has 0 aliphatic heterocycles. The van der Waals surface area contributed by atoms with Crippen molar-refractivity contribution in [3.05, 3.63) is 47.5 Å². The van der Waals surface area contributed by atoms with Gasteiger partial charge in [-0.2, -0.15) is 13.2 Å². The number of phenolic OH excluding ortho intramolecular Hbond substituents is 3. The van der Waals surface area contributed by atoms with E-state index in [1.54, 1.807) is 5.32 Å². The third-order valence-corrected chi connectivity index (χ3v) is 3.29. The molecule has 2 aromatic carbocycles. The number of aromatic hydroxyl groups is 3. The summed E-state index contributed by atoms with van der Waals surface area (Å²) < 4.78 is 36.7. The Morgan fingerprint density at radius 3 is 2.15 bits per heavy atom. The van der Waals surface area contributed by atoms with E-state index in [0.29, 0.717) is 0 Å². The van der Waals surface area contributed by atoms with Crippen molar-refractivity contribution < 1.29 is 38.1 Å². The molecule has 0 saturated heterocycles. The normalized spacial score (nSPS) is 11.0. The molecule has 0 unspecified atom stereocenters. The third kappa shape index (κ3) is 4.35. The first-order valence-corrected chi connectivity index (χ1v) is 7.09. The van der Waals surface area contributed by atoms with Gasteiger partial charge >= 0.3 is 12.1 Å². The summed E-state index contributed by atoms with van der Waals surface area (Å²) in [6.45, 7) is -0.485. The maximum Gasteiger partial charge on any atom is 0.471 e. The molecule has 0 aromatic heterocycles. The largest absolute Gasteiger partial charge is 0.504 e. The average molecular weight is 370 g/mol. The number of anilines is 1. The van der Waals surface area contributed by atoms with Crippen LogP contribution in [0.5, 0.6) is 17.2 Å². The van der Waals surface area contributed by atoms with Crippen LogP contribution in [-0.4, -0.2) is 33.3 Å². The molecular weight excluding hydrogens is 357 g/mol. The monoisotopic (exact) mass is 370 g/mol. The molecular formula is C16H13F3N2O5. The molecule has 2 aromatic rings. The topological polar surface area (TPSA) is 119 Å². The molecule has 10 heteroatoms. The van der Waals surface area contributed by atoms with Crippen molar-refractivity contribution in [3.8, 4) is 17.2 Å². The van der Waals surface area contributed by atoms with E-state index in [2.05, 4.69) is 5.32 Å². The second-order valence-corrected chi connectivity index (χ2v) is 5.15. The van der Waals surface area contributed by atoms with Crippen LogP contribution in [0.4, 0.5) is 18.9 Å². The molecule has 0 heterocycles. The van der Waals surface area contributed by atoms with Crippen LogP contribution in [0.15, 0.2) is 36.4 Å². The molecule has 0 fully saturated rings. The van der Waals surface area contributed by atoms with Crippen LogP contribution in [0, 0.1) is 0 Å². The van der Waals surface area contributed by atoms with Gasteiger partial charge < -0.3 is 26.0 Å². The summed E-state index contributed by atoms with van der Waals surface area (Å²) in [5, 5.41) is 32.2. The van der Waals surface area contributed by atoms with Gasteiger partial charge in [-0.1, -0.05) is 18.2 Å². The van der Waals surface area contributed by atoms with Crippen LogP contribution in [-0.2, 0) is 11.3 Å². The lowest BCUT2D eigenvalue weighted by molar-refractivity contribution is -0.173. The number of benzene rings is 2. The van der Waals surface area contributed by atoms with Crippen LogP contribution in [0.2, 0.25) is 0 Å². The summed E-state index contributed by atoms with van der Waals surface area (Å²) in [6.07, 6.45) is -5.03. The Morgan fingerprint density at radius 2 is 1.58 bits per heavy atom. The number of rotatable bonds is 4. The Morgan fingerprint density at radius 1 is 1.00 bits per heavy atom. The lowest BCUT2D eigenvalue weighted by Gasteiger charge is -2.13. The molecule has 138 valence electrons. The third-order valence-electron chi connectivity index (χ3n) is 3.29. The van der Waals surface area contributed by atoms with Gasteiger partial charge in [-0.3, -0.25) is 9.59 Å². The predicted octanol–water partition coefficient (Wildman–Crippen LogP) is 2.23. The molecule has 5 N–H and O–H groups in total. The number of hydrogen-bond acceptors (Lipinski definition) is 5. The summed E-state index contributed by atoms with van der Waals surface area (Å²) >= 11 is 0. The lowest BCUT2D eigenvalue weighted by atomic mass is 10.1. The van der Waals surface area contributed by atoms with Gasteiger partial charge in [0.1, 0.15) is 0 Å². The van der Waals surface area contributed by atoms with E-state index < -0.39 is 41.8 Å². The quantitative estimate of drug-likeness (QED) is 0.529. The maximum absolute atomic E-state index is 12.2. The zero-order valence-corrected chi connectivity index (χ0v) is 13.0. The van der Waals surface area contributed by atoms with Crippen molar-refractivity contribution in [2.24, 2.45) is 0 Å². The Kier molecular flexibility index (Phi) is 5.24. The van der Waals surface area contributed by atoms with Crippen LogP contribution < -0.4 is 10.6 Å². The highest BCUT2D eigenvalue weighted by Crippen LogP contribution is 2.35. The van der Waals surface area contributed by atoms with Gasteiger partial charge in [0.25, 0.3) is 5.91 Å². The van der Waals surface area contributed by atoms with Gasteiger partial charge in [0.15, 0.2) is 17.2 Å². The molecule has 2 rings (SSSR count). The van der Waals surface area contributed by atoms with Gasteiger partial charge in [0.05, 0.1) is 0 Å². The molecule has 0 saturated carbocycles. The van der Waals surface area contributed by atoms with Crippen molar-refractivity contribution in [1.29, 1.82) is 0 Å². The van der Waals surface area contributed by atoms with Crippen LogP contribution >= 0.6 is 0 Å². The number of halogens is 3. The predicted molar refractivity (Wildman–Crippen MR) is 83.7 cm³/mol. The van der Waals surface area contributed by atoms with Gasteiger partial charge in [-0.25, -0.2) is 0 Å². The SMILES string of the molecule is O=C(Nc1ccccc1CNC(=O)C(F)(F)F)c1cc(O)c(O)c(O)c1. The Labute approximate surface area is 144 Å². The van der Waals surface area contributed by atoms with Crippen LogP contribution in [0.25, 0.3) is 0 Å². The molecule has 0 aliphatic rings. The van der Waals surface area contributed by atoms with E-state index in [1.807, 2.05) is 0 Å². The standard InChI is InChI=1S/C16H13F3N2O5/c17-16(18,19)15(26)20-7-8-3-1-2-4-10(8)21-14(25)9-5-11(22)13(24)12(23)6-9/h1-6,22-24H,7H2,(H,20,26)(H,21,25). The van der Waals surface area contributed by atoms with Crippen LogP contribution in [0.3, 0.4) is 0 Å². The van der Waals surface area contributed by atoms with Crippen molar-refractivity contribution >= 4 is 17.5 Å². The van der Waals surface area contributed by atoms with Crippen LogP contribution in [0.1, 0.15) is 15.9 Å². The first-order chi connectivity index (χ1) is 12.1. The Bertz CT molecular complexity index is 829. The summed E-state index contributed by atoms with van der Waals surface area (Å²) in [5.74, 6) is -5.16. The molecule has 0 atom stereocenters. The molecule has 0 bridgehead atoms. The number of amides is 2. The molecule has 0 spiro atoms. The number of para-hydroxylation sites is 1. The fourth-order valence-electron chi connectivity index (χ4n) is 2.00. The second kappa shape index (κ2) is 7.21. The smallest absolute Gasteiger partial charge is 0.471 e. The molecule has 2 amide bonds. The minimum atomic E-state index is -5.03. The van der Waals surface area contributed by atoms with Gasteiger partial charge in [0, 0.05) is 17.8 Å². The van der Waals surface area contributed by atoms with E-state index in [9.17, 15) is 38.1 Å². The highest BCUT2D eigenvalue weighted by atomic mass is 19.4. The highest BCUT2D eigenvalue weighted by Gasteiger charge is 2.38. The van der Waals surface area contributed by atoms with Gasteiger partial charge in [-0.15, -0.1) is 0 Å². The first-order valence-electron chi connectivity index (χ1n) is 7.09. The number of nitrogens with one attached hydrogen (secondary N) is 2. The number of phenols is 3. The molecule has 7 nitrogen and oxygen atoms in total. The van der Waals surface area contributed by atoms with Gasteiger partial charge in [0.2, 0.25) is 0 Å². The fraction of sp³-hybridized carbons (Fsp3) is 0.125. The zero-order chi connectivity index (χ0) is 19.5. The van der Waals surface area contributed by atoms with Crippen molar-refractivity contribution in [2.75, 3.05) is 5.32 Å². The molecule has 0 aliphatic carbocycles. The molecule has 0 radical (unpaired) electrons. The highest BCUT2D eigenvalue weighted by molar-refractivity contribution is 6.05. The second-order valence-electron chi connectivity index (χ2n) is 5.15. The summed E-state index contributed by atoms with van der Waals surface area (Å²) in [7, 11) is 0. The van der Waals surface area contributed by atoms with E-state index in [0.717, 1.165) is 12.1 Å². The van der Waals surface area contributed by atoms with E-state index in [1.165, 1.54) is 24.3 Å². The maximum atomic E-state index is 12.2. The summed E-state index contributed by atoms with van der Waals surface area (Å²) in [4.78, 5) is 23.1. The van der Waals surface area contributed by atoms with E-state index in [4.69, 9.17) is 0 Å². The minimum Gasteiger partial charge on any atom is -0.504 e. The van der Waals surface area contributed by atoms with Gasteiger partial charge in [-0.05, 0) is 23.8 Å². The fourth-order valence-corrected chi connectivity index (χ4v) is 2.00. The first kappa shape index (κ1) is 18.9. The zero-order valence-electron chi connectivity index (χ0n) is 13.0. The minimum absolute atomic E-state index is 0.118. The lowest BCUT2D eigenvalue weighted by Crippen LogP contribution is -2.36. The molecule has 26 heavy (non-hydrogen) atoms. The average Bonchev–Trinajstić information content (AvgIpc) is 2.57. The number of alkyl halides is 3. The Hall–Kier alpha value is -3.43. The Balaban J connectivity index is 2.17. The number of carbonyl (C=O) groups excluding carboxylic acids is 2. The number of hydrogen-bond donors (Lipinski definition) is 5. The van der Waals surface area contributed by atoms with E-state index in [-0.39, 0.29) is 16.8 Å².